The Labute approximate surface area is 101 Å². The number of carbonyl (C=O) groups excluding carboxylic acids is 1. The molecule has 0 saturated carbocycles. The van der Waals surface area contributed by atoms with Crippen molar-refractivity contribution >= 4 is 21.9 Å². The molecule has 0 unspecified atom stereocenters. The van der Waals surface area contributed by atoms with E-state index in [4.69, 9.17) is 4.74 Å². The molecule has 1 aromatic heterocycles. The highest BCUT2D eigenvalue weighted by Gasteiger charge is 2.13. The molecule has 0 amide bonds. The van der Waals surface area contributed by atoms with Crippen molar-refractivity contribution in [2.75, 3.05) is 0 Å². The summed E-state index contributed by atoms with van der Waals surface area (Å²) in [4.78, 5) is 11.7. The van der Waals surface area contributed by atoms with Crippen molar-refractivity contribution in [3.8, 4) is 5.75 Å². The molecule has 0 radical (unpaired) electrons. The summed E-state index contributed by atoms with van der Waals surface area (Å²) in [5, 5.41) is 3.91. The average molecular weight is 281 g/mol. The molecule has 1 aromatic carbocycles. The third kappa shape index (κ3) is 2.14. The number of aromatic nitrogens is 2. The number of hydrogen-bond donors (Lipinski definition) is 0. The van der Waals surface area contributed by atoms with Gasteiger partial charge in [-0.15, -0.1) is 0 Å². The van der Waals surface area contributed by atoms with Crippen LogP contribution in [0.3, 0.4) is 0 Å². The zero-order chi connectivity index (χ0) is 11.5. The van der Waals surface area contributed by atoms with E-state index in [1.807, 2.05) is 12.1 Å². The Balaban J connectivity index is 2.21. The summed E-state index contributed by atoms with van der Waals surface area (Å²) < 4.78 is 7.44. The van der Waals surface area contributed by atoms with Gasteiger partial charge in [0.05, 0.1) is 4.47 Å². The fourth-order valence-electron chi connectivity index (χ4n) is 1.25. The predicted molar refractivity (Wildman–Crippen MR) is 62.3 cm³/mol. The number of hydrogen-bond acceptors (Lipinski definition) is 3. The molecule has 5 heteroatoms. The third-order valence-corrected chi connectivity index (χ3v) is 2.72. The van der Waals surface area contributed by atoms with Gasteiger partial charge in [0.15, 0.2) is 0 Å². The van der Waals surface area contributed by atoms with Crippen molar-refractivity contribution in [2.24, 2.45) is 7.05 Å². The van der Waals surface area contributed by atoms with Gasteiger partial charge >= 0.3 is 5.97 Å². The summed E-state index contributed by atoms with van der Waals surface area (Å²) in [6.45, 7) is 0. The van der Waals surface area contributed by atoms with Crippen LogP contribution in [0.4, 0.5) is 0 Å². The number of esters is 1. The van der Waals surface area contributed by atoms with Crippen LogP contribution in [0.2, 0.25) is 0 Å². The Morgan fingerprint density at radius 1 is 1.38 bits per heavy atom. The number of rotatable bonds is 2. The van der Waals surface area contributed by atoms with Crippen LogP contribution in [-0.4, -0.2) is 15.7 Å². The Hall–Kier alpha value is -1.62. The summed E-state index contributed by atoms with van der Waals surface area (Å²) in [5.41, 5.74) is 0.413. The molecule has 16 heavy (non-hydrogen) atoms. The van der Waals surface area contributed by atoms with Crippen molar-refractivity contribution < 1.29 is 9.53 Å². The highest BCUT2D eigenvalue weighted by atomic mass is 79.9. The summed E-state index contributed by atoms with van der Waals surface area (Å²) in [6.07, 6.45) is 1.55. The van der Waals surface area contributed by atoms with Gasteiger partial charge in [-0.05, 0) is 34.1 Å². The molecule has 2 aromatic rings. The van der Waals surface area contributed by atoms with Crippen molar-refractivity contribution in [3.05, 3.63) is 46.7 Å². The number of para-hydroxylation sites is 1. The second-order valence-corrected chi connectivity index (χ2v) is 4.01. The Bertz CT molecular complexity index is 522. The normalized spacial score (nSPS) is 10.1. The minimum atomic E-state index is -0.424. The molecule has 82 valence electrons. The van der Waals surface area contributed by atoms with Crippen LogP contribution in [0.5, 0.6) is 5.75 Å². The Morgan fingerprint density at radius 2 is 2.12 bits per heavy atom. The van der Waals surface area contributed by atoms with E-state index >= 15 is 0 Å². The van der Waals surface area contributed by atoms with Crippen molar-refractivity contribution in [2.45, 2.75) is 0 Å². The lowest BCUT2D eigenvalue weighted by molar-refractivity contribution is 0.0722. The van der Waals surface area contributed by atoms with Crippen molar-refractivity contribution in [1.82, 2.24) is 9.78 Å². The number of halogens is 1. The molecule has 0 saturated heterocycles. The van der Waals surface area contributed by atoms with Gasteiger partial charge in [0.25, 0.3) is 0 Å². The quantitative estimate of drug-likeness (QED) is 0.627. The van der Waals surface area contributed by atoms with E-state index in [2.05, 4.69) is 21.0 Å². The molecule has 0 spiro atoms. The van der Waals surface area contributed by atoms with Crippen LogP contribution < -0.4 is 4.74 Å². The van der Waals surface area contributed by atoms with Gasteiger partial charge in [-0.1, -0.05) is 12.1 Å². The van der Waals surface area contributed by atoms with Crippen LogP contribution in [-0.2, 0) is 7.05 Å². The van der Waals surface area contributed by atoms with Gasteiger partial charge in [0.1, 0.15) is 11.4 Å². The third-order valence-electron chi connectivity index (χ3n) is 2.07. The highest BCUT2D eigenvalue weighted by Crippen LogP contribution is 2.24. The van der Waals surface area contributed by atoms with E-state index < -0.39 is 5.97 Å². The Kier molecular flexibility index (Phi) is 3.05. The van der Waals surface area contributed by atoms with Gasteiger partial charge in [-0.2, -0.15) is 5.10 Å². The minimum Gasteiger partial charge on any atom is -0.421 e. The van der Waals surface area contributed by atoms with E-state index in [9.17, 15) is 4.79 Å². The molecule has 0 aliphatic heterocycles. The monoisotopic (exact) mass is 280 g/mol. The number of carbonyl (C=O) groups is 1. The molecular formula is C11H9BrN2O2. The van der Waals surface area contributed by atoms with Crippen LogP contribution in [0.1, 0.15) is 10.5 Å². The summed E-state index contributed by atoms with van der Waals surface area (Å²) in [5.74, 6) is 0.0700. The second-order valence-electron chi connectivity index (χ2n) is 3.16. The van der Waals surface area contributed by atoms with E-state index in [1.165, 1.54) is 4.68 Å². The fourth-order valence-corrected chi connectivity index (χ4v) is 1.62. The first kappa shape index (κ1) is 10.9. The van der Waals surface area contributed by atoms with Crippen LogP contribution >= 0.6 is 15.9 Å². The average Bonchev–Trinajstić information content (AvgIpc) is 2.68. The Morgan fingerprint density at radius 3 is 2.75 bits per heavy atom. The fraction of sp³-hybridized carbons (Fsp3) is 0.0909. The van der Waals surface area contributed by atoms with Gasteiger partial charge in [-0.3, -0.25) is 4.68 Å². The largest absolute Gasteiger partial charge is 0.421 e. The lowest BCUT2D eigenvalue weighted by atomic mass is 10.3. The second kappa shape index (κ2) is 4.49. The molecule has 0 atom stereocenters. The molecule has 0 bridgehead atoms. The summed E-state index contributed by atoms with van der Waals surface area (Å²) in [7, 11) is 1.69. The van der Waals surface area contributed by atoms with Gasteiger partial charge in [-0.25, -0.2) is 4.79 Å². The zero-order valence-electron chi connectivity index (χ0n) is 8.55. The maximum absolute atomic E-state index is 11.7. The first-order chi connectivity index (χ1) is 7.68. The van der Waals surface area contributed by atoms with E-state index in [-0.39, 0.29) is 0 Å². The van der Waals surface area contributed by atoms with Crippen LogP contribution in [0.15, 0.2) is 41.0 Å². The molecular weight excluding hydrogens is 272 g/mol. The van der Waals surface area contributed by atoms with E-state index in [0.29, 0.717) is 11.4 Å². The van der Waals surface area contributed by atoms with Crippen molar-refractivity contribution in [1.29, 1.82) is 0 Å². The van der Waals surface area contributed by atoms with Crippen LogP contribution in [0.25, 0.3) is 0 Å². The maximum Gasteiger partial charge on any atom is 0.362 e. The number of ether oxygens (including phenoxy) is 1. The molecule has 4 nitrogen and oxygen atoms in total. The first-order valence-electron chi connectivity index (χ1n) is 4.63. The summed E-state index contributed by atoms with van der Waals surface area (Å²) in [6, 6.07) is 8.80. The van der Waals surface area contributed by atoms with Gasteiger partial charge < -0.3 is 4.74 Å². The lowest BCUT2D eigenvalue weighted by Gasteiger charge is -2.05. The SMILES string of the molecule is Cn1nccc1C(=O)Oc1ccccc1Br. The number of aryl methyl sites for hydroxylation is 1. The molecule has 0 N–H and O–H groups in total. The standard InChI is InChI=1S/C11H9BrN2O2/c1-14-9(6-7-13-14)11(15)16-10-5-3-2-4-8(10)12/h2-7H,1H3. The molecule has 2 rings (SSSR count). The zero-order valence-corrected chi connectivity index (χ0v) is 10.1. The number of nitrogens with zero attached hydrogens (tertiary/aromatic N) is 2. The molecule has 0 fully saturated rings. The van der Waals surface area contributed by atoms with Gasteiger partial charge in [0, 0.05) is 13.2 Å². The van der Waals surface area contributed by atoms with E-state index in [0.717, 1.165) is 4.47 Å². The van der Waals surface area contributed by atoms with E-state index in [1.54, 1.807) is 31.4 Å². The highest BCUT2D eigenvalue weighted by molar-refractivity contribution is 9.10. The van der Waals surface area contributed by atoms with Gasteiger partial charge in [0.2, 0.25) is 0 Å². The smallest absolute Gasteiger partial charge is 0.362 e. The topological polar surface area (TPSA) is 44.1 Å². The summed E-state index contributed by atoms with van der Waals surface area (Å²) >= 11 is 3.31. The molecule has 0 aliphatic carbocycles. The first-order valence-corrected chi connectivity index (χ1v) is 5.42. The maximum atomic E-state index is 11.7. The van der Waals surface area contributed by atoms with Crippen LogP contribution in [0, 0.1) is 0 Å². The van der Waals surface area contributed by atoms with Crippen molar-refractivity contribution in [3.63, 3.8) is 0 Å². The predicted octanol–water partition coefficient (Wildman–Crippen LogP) is 2.40. The molecule has 0 aliphatic rings. The lowest BCUT2D eigenvalue weighted by Crippen LogP contribution is -2.13. The number of benzene rings is 1. The molecule has 1 heterocycles. The minimum absolute atomic E-state index is 0.413.